The average molecular weight is 258 g/mol. The molecule has 0 amide bonds. The summed E-state index contributed by atoms with van der Waals surface area (Å²) >= 11 is 0. The summed E-state index contributed by atoms with van der Waals surface area (Å²) in [6.07, 6.45) is 5.63. The molecule has 0 aliphatic carbocycles. The molecule has 0 spiro atoms. The van der Waals surface area contributed by atoms with Crippen LogP contribution in [0.1, 0.15) is 50.5 Å². The van der Waals surface area contributed by atoms with Gasteiger partial charge in [-0.15, -0.1) is 5.92 Å². The van der Waals surface area contributed by atoms with Gasteiger partial charge < -0.3 is 4.74 Å². The van der Waals surface area contributed by atoms with Gasteiger partial charge in [0.25, 0.3) is 0 Å². The fourth-order valence-corrected chi connectivity index (χ4v) is 1.86. The third-order valence-corrected chi connectivity index (χ3v) is 2.97. The Morgan fingerprint density at radius 3 is 2.58 bits per heavy atom. The van der Waals surface area contributed by atoms with E-state index in [1.165, 1.54) is 26.4 Å². The first-order valence-electron chi connectivity index (χ1n) is 6.90. The highest BCUT2D eigenvalue weighted by Crippen LogP contribution is 2.16. The number of ether oxygens (including phenoxy) is 1. The van der Waals surface area contributed by atoms with E-state index in [0.29, 0.717) is 0 Å². The summed E-state index contributed by atoms with van der Waals surface area (Å²) in [5.41, 5.74) is 0.899. The van der Waals surface area contributed by atoms with Crippen molar-refractivity contribution < 1.29 is 9.53 Å². The average Bonchev–Trinajstić information content (AvgIpc) is 2.47. The molecule has 1 aromatic rings. The van der Waals surface area contributed by atoms with Crippen molar-refractivity contribution in [3.8, 4) is 11.8 Å². The van der Waals surface area contributed by atoms with Gasteiger partial charge in [-0.1, -0.05) is 62.4 Å². The summed E-state index contributed by atoms with van der Waals surface area (Å²) in [5.74, 6) is 5.40. The normalized spacial score (nSPS) is 11.3. The molecule has 0 saturated carbocycles. The van der Waals surface area contributed by atoms with E-state index in [1.807, 2.05) is 30.3 Å². The Bertz CT molecular complexity index is 426. The van der Waals surface area contributed by atoms with Crippen molar-refractivity contribution in [3.63, 3.8) is 0 Å². The molecule has 0 aliphatic heterocycles. The second kappa shape index (κ2) is 9.22. The topological polar surface area (TPSA) is 26.3 Å². The van der Waals surface area contributed by atoms with Crippen LogP contribution in [0.4, 0.5) is 0 Å². The van der Waals surface area contributed by atoms with Crippen molar-refractivity contribution in [1.29, 1.82) is 0 Å². The van der Waals surface area contributed by atoms with Crippen molar-refractivity contribution in [1.82, 2.24) is 0 Å². The molecular formula is C17H22O2. The number of benzene rings is 1. The van der Waals surface area contributed by atoms with E-state index in [0.717, 1.165) is 18.4 Å². The summed E-state index contributed by atoms with van der Waals surface area (Å²) in [6.45, 7) is 2.19. The monoisotopic (exact) mass is 258 g/mol. The van der Waals surface area contributed by atoms with Crippen molar-refractivity contribution >= 4 is 5.97 Å². The minimum absolute atomic E-state index is 0.285. The third-order valence-electron chi connectivity index (χ3n) is 2.97. The van der Waals surface area contributed by atoms with Crippen molar-refractivity contribution in [2.75, 3.05) is 7.11 Å². The molecule has 0 saturated heterocycles. The highest BCUT2D eigenvalue weighted by molar-refractivity contribution is 5.81. The fraction of sp³-hybridized carbons (Fsp3) is 0.471. The molecule has 0 aromatic heterocycles. The highest BCUT2D eigenvalue weighted by atomic mass is 16.5. The Morgan fingerprint density at radius 1 is 1.21 bits per heavy atom. The standard InChI is InChI=1S/C17H22O2/c1-3-4-5-6-7-11-14-16(17(18)19-2)15-12-9-8-10-13-15/h8-10,12-13,16H,3-7H2,1-2H3. The van der Waals surface area contributed by atoms with E-state index in [4.69, 9.17) is 4.74 Å². The Labute approximate surface area is 116 Å². The Balaban J connectivity index is 2.61. The lowest BCUT2D eigenvalue weighted by molar-refractivity contribution is -0.140. The third kappa shape index (κ3) is 5.61. The maximum Gasteiger partial charge on any atom is 0.325 e. The molecule has 19 heavy (non-hydrogen) atoms. The summed E-state index contributed by atoms with van der Waals surface area (Å²) in [5, 5.41) is 0. The Hall–Kier alpha value is -1.75. The fourth-order valence-electron chi connectivity index (χ4n) is 1.86. The number of rotatable bonds is 6. The zero-order valence-electron chi connectivity index (χ0n) is 11.8. The summed E-state index contributed by atoms with van der Waals surface area (Å²) in [4.78, 5) is 11.8. The van der Waals surface area contributed by atoms with E-state index >= 15 is 0 Å². The number of methoxy groups -OCH3 is 1. The lowest BCUT2D eigenvalue weighted by Gasteiger charge is -2.08. The van der Waals surface area contributed by atoms with Gasteiger partial charge in [0.2, 0.25) is 0 Å². The summed E-state index contributed by atoms with van der Waals surface area (Å²) < 4.78 is 4.82. The smallest absolute Gasteiger partial charge is 0.325 e. The van der Waals surface area contributed by atoms with Crippen LogP contribution < -0.4 is 0 Å². The molecular weight excluding hydrogens is 236 g/mol. The molecule has 1 rings (SSSR count). The van der Waals surface area contributed by atoms with Crippen LogP contribution in [-0.2, 0) is 9.53 Å². The van der Waals surface area contributed by atoms with E-state index in [2.05, 4.69) is 18.8 Å². The Morgan fingerprint density at radius 2 is 1.95 bits per heavy atom. The Kier molecular flexibility index (Phi) is 7.43. The molecule has 1 aromatic carbocycles. The summed E-state index contributed by atoms with van der Waals surface area (Å²) in [7, 11) is 1.40. The zero-order valence-corrected chi connectivity index (χ0v) is 11.8. The number of hydrogen-bond donors (Lipinski definition) is 0. The summed E-state index contributed by atoms with van der Waals surface area (Å²) in [6, 6.07) is 9.57. The van der Waals surface area contributed by atoms with Crippen molar-refractivity contribution in [3.05, 3.63) is 35.9 Å². The van der Waals surface area contributed by atoms with Crippen LogP contribution in [0.2, 0.25) is 0 Å². The second-order valence-electron chi connectivity index (χ2n) is 4.50. The maximum absolute atomic E-state index is 11.8. The predicted molar refractivity (Wildman–Crippen MR) is 77.7 cm³/mol. The quantitative estimate of drug-likeness (QED) is 0.439. The molecule has 2 heteroatoms. The van der Waals surface area contributed by atoms with Gasteiger partial charge in [0, 0.05) is 6.42 Å². The number of carbonyl (C=O) groups is 1. The molecule has 0 radical (unpaired) electrons. The maximum atomic E-state index is 11.8. The van der Waals surface area contributed by atoms with Gasteiger partial charge in [-0.3, -0.25) is 4.79 Å². The molecule has 0 N–H and O–H groups in total. The van der Waals surface area contributed by atoms with Crippen LogP contribution in [0.25, 0.3) is 0 Å². The number of carbonyl (C=O) groups excluding carboxylic acids is 1. The number of hydrogen-bond acceptors (Lipinski definition) is 2. The molecule has 1 atom stereocenters. The van der Waals surface area contributed by atoms with Gasteiger partial charge in [0.1, 0.15) is 5.92 Å². The van der Waals surface area contributed by atoms with Crippen LogP contribution in [0.3, 0.4) is 0 Å². The minimum atomic E-state index is -0.461. The van der Waals surface area contributed by atoms with Crippen LogP contribution in [0.15, 0.2) is 30.3 Å². The molecule has 0 fully saturated rings. The molecule has 102 valence electrons. The number of unbranched alkanes of at least 4 members (excludes halogenated alkanes) is 4. The first kappa shape index (κ1) is 15.3. The lowest BCUT2D eigenvalue weighted by Crippen LogP contribution is -2.12. The van der Waals surface area contributed by atoms with E-state index in [1.54, 1.807) is 0 Å². The highest BCUT2D eigenvalue weighted by Gasteiger charge is 2.18. The molecule has 0 heterocycles. The first-order valence-corrected chi connectivity index (χ1v) is 6.90. The largest absolute Gasteiger partial charge is 0.468 e. The molecule has 2 nitrogen and oxygen atoms in total. The van der Waals surface area contributed by atoms with E-state index < -0.39 is 5.92 Å². The second-order valence-corrected chi connectivity index (χ2v) is 4.50. The van der Waals surface area contributed by atoms with Crippen LogP contribution in [0.5, 0.6) is 0 Å². The van der Waals surface area contributed by atoms with Gasteiger partial charge in [0.15, 0.2) is 0 Å². The molecule has 1 unspecified atom stereocenters. The van der Waals surface area contributed by atoms with E-state index in [9.17, 15) is 4.79 Å². The predicted octanol–water partition coefficient (Wildman–Crippen LogP) is 3.92. The molecule has 0 bridgehead atoms. The number of esters is 1. The van der Waals surface area contributed by atoms with Crippen molar-refractivity contribution in [2.24, 2.45) is 0 Å². The van der Waals surface area contributed by atoms with E-state index in [-0.39, 0.29) is 5.97 Å². The lowest BCUT2D eigenvalue weighted by atomic mass is 9.99. The SMILES string of the molecule is CCCCCCC#CC(C(=O)OC)c1ccccc1. The van der Waals surface area contributed by atoms with Crippen LogP contribution in [0, 0.1) is 11.8 Å². The van der Waals surface area contributed by atoms with Gasteiger partial charge in [-0.05, 0) is 12.0 Å². The van der Waals surface area contributed by atoms with Gasteiger partial charge in [0.05, 0.1) is 7.11 Å². The van der Waals surface area contributed by atoms with Crippen LogP contribution in [-0.4, -0.2) is 13.1 Å². The van der Waals surface area contributed by atoms with Gasteiger partial charge in [-0.2, -0.15) is 0 Å². The van der Waals surface area contributed by atoms with Gasteiger partial charge in [-0.25, -0.2) is 0 Å². The van der Waals surface area contributed by atoms with Crippen LogP contribution >= 0.6 is 0 Å². The molecule has 0 aliphatic rings. The van der Waals surface area contributed by atoms with Gasteiger partial charge >= 0.3 is 5.97 Å². The minimum Gasteiger partial charge on any atom is -0.468 e. The zero-order chi connectivity index (χ0) is 13.9. The first-order chi connectivity index (χ1) is 9.29. The van der Waals surface area contributed by atoms with Crippen molar-refractivity contribution in [2.45, 2.75) is 44.9 Å².